The smallest absolute Gasteiger partial charge is 0.329 e. The molecular weight excluding hydrogens is 193 g/mol. The van der Waals surface area contributed by atoms with Crippen molar-refractivity contribution in [1.29, 1.82) is 0 Å². The summed E-state index contributed by atoms with van der Waals surface area (Å²) in [6.07, 6.45) is -3.35. The lowest BCUT2D eigenvalue weighted by atomic mass is 10.1. The molecule has 0 fully saturated rings. The van der Waals surface area contributed by atoms with E-state index in [-0.39, 0.29) is 6.54 Å². The molecule has 0 bridgehead atoms. The Bertz CT molecular complexity index is 145. The van der Waals surface area contributed by atoms with E-state index < -0.39 is 12.7 Å². The molecule has 0 aromatic rings. The molecule has 0 unspecified atom stereocenters. The average Bonchev–Trinajstić information content (AvgIpc) is 1.98. The molecule has 5 heteroatoms. The van der Waals surface area contributed by atoms with Gasteiger partial charge in [-0.3, -0.25) is 4.90 Å². The topological polar surface area (TPSA) is 29.3 Å². The van der Waals surface area contributed by atoms with Crippen molar-refractivity contribution < 1.29 is 13.2 Å². The Hall–Kier alpha value is -0.290. The number of hydrogen-bond acceptors (Lipinski definition) is 2. The van der Waals surface area contributed by atoms with Crippen molar-refractivity contribution in [3.63, 3.8) is 0 Å². The van der Waals surface area contributed by atoms with E-state index >= 15 is 0 Å². The summed E-state index contributed by atoms with van der Waals surface area (Å²) in [5.41, 5.74) is 5.25. The molecule has 0 atom stereocenters. The lowest BCUT2D eigenvalue weighted by Crippen LogP contribution is -2.38. The Labute approximate surface area is 83.3 Å². The molecule has 2 nitrogen and oxygen atoms in total. The highest BCUT2D eigenvalue weighted by Crippen LogP contribution is 2.16. The van der Waals surface area contributed by atoms with Gasteiger partial charge in [-0.1, -0.05) is 13.8 Å². The zero-order valence-electron chi connectivity index (χ0n) is 8.77. The van der Waals surface area contributed by atoms with E-state index in [9.17, 15) is 13.2 Å². The van der Waals surface area contributed by atoms with Gasteiger partial charge >= 0.3 is 6.18 Å². The normalized spacial score (nSPS) is 12.9. The number of rotatable bonds is 6. The SMILES string of the molecule is CC(C)CCN(CCN)CC(F)(F)F. The van der Waals surface area contributed by atoms with Gasteiger partial charge in [0.15, 0.2) is 0 Å². The van der Waals surface area contributed by atoms with Crippen LogP contribution in [0.25, 0.3) is 0 Å². The number of nitrogens with zero attached hydrogens (tertiary/aromatic N) is 1. The third-order valence-electron chi connectivity index (χ3n) is 1.87. The molecule has 86 valence electrons. The zero-order valence-corrected chi connectivity index (χ0v) is 8.77. The van der Waals surface area contributed by atoms with E-state index in [1.165, 1.54) is 4.90 Å². The molecule has 14 heavy (non-hydrogen) atoms. The predicted molar refractivity (Wildman–Crippen MR) is 51.0 cm³/mol. The molecule has 0 aromatic heterocycles. The molecule has 0 spiro atoms. The largest absolute Gasteiger partial charge is 0.401 e. The minimum absolute atomic E-state index is 0.272. The van der Waals surface area contributed by atoms with Crippen molar-refractivity contribution >= 4 is 0 Å². The maximum atomic E-state index is 12.1. The second-order valence-electron chi connectivity index (χ2n) is 3.86. The third-order valence-corrected chi connectivity index (χ3v) is 1.87. The van der Waals surface area contributed by atoms with Crippen molar-refractivity contribution in [2.24, 2.45) is 11.7 Å². The first-order valence-electron chi connectivity index (χ1n) is 4.84. The van der Waals surface area contributed by atoms with Crippen molar-refractivity contribution in [2.75, 3.05) is 26.2 Å². The first-order valence-corrected chi connectivity index (χ1v) is 4.84. The number of alkyl halides is 3. The summed E-state index contributed by atoms with van der Waals surface area (Å²) in [6.45, 7) is 4.19. The van der Waals surface area contributed by atoms with Crippen molar-refractivity contribution in [1.82, 2.24) is 4.90 Å². The van der Waals surface area contributed by atoms with E-state index in [2.05, 4.69) is 0 Å². The summed E-state index contributed by atoms with van der Waals surface area (Å²) >= 11 is 0. The number of halogens is 3. The molecule has 2 N–H and O–H groups in total. The molecule has 0 aliphatic carbocycles. The summed E-state index contributed by atoms with van der Waals surface area (Å²) in [7, 11) is 0. The summed E-state index contributed by atoms with van der Waals surface area (Å²) in [5, 5.41) is 0. The first-order chi connectivity index (χ1) is 6.35. The average molecular weight is 212 g/mol. The van der Waals surface area contributed by atoms with Crippen LogP contribution >= 0.6 is 0 Å². The number of nitrogens with two attached hydrogens (primary N) is 1. The Morgan fingerprint density at radius 2 is 1.79 bits per heavy atom. The molecule has 0 radical (unpaired) electrons. The Balaban J connectivity index is 3.89. The standard InChI is InChI=1S/C9H19F3N2/c1-8(2)3-5-14(6-4-13)7-9(10,11)12/h8H,3-7,13H2,1-2H3. The van der Waals surface area contributed by atoms with E-state index in [1.54, 1.807) is 0 Å². The maximum absolute atomic E-state index is 12.1. The van der Waals surface area contributed by atoms with Crippen molar-refractivity contribution in [2.45, 2.75) is 26.4 Å². The predicted octanol–water partition coefficient (Wildman–Crippen LogP) is 1.86. The molecule has 0 rings (SSSR count). The lowest BCUT2D eigenvalue weighted by molar-refractivity contribution is -0.145. The molecule has 0 heterocycles. The zero-order chi connectivity index (χ0) is 11.2. The van der Waals surface area contributed by atoms with Gasteiger partial charge in [0.05, 0.1) is 6.54 Å². The Morgan fingerprint density at radius 3 is 2.14 bits per heavy atom. The van der Waals surface area contributed by atoms with Crippen LogP contribution in [0, 0.1) is 5.92 Å². The van der Waals surface area contributed by atoms with E-state index in [0.717, 1.165) is 6.42 Å². The summed E-state index contributed by atoms with van der Waals surface area (Å²) in [4.78, 5) is 1.36. The van der Waals surface area contributed by atoms with E-state index in [4.69, 9.17) is 5.73 Å². The molecular formula is C9H19F3N2. The summed E-state index contributed by atoms with van der Waals surface area (Å²) in [6, 6.07) is 0. The minimum Gasteiger partial charge on any atom is -0.329 e. The van der Waals surface area contributed by atoms with Gasteiger partial charge in [0.25, 0.3) is 0 Å². The monoisotopic (exact) mass is 212 g/mol. The van der Waals surface area contributed by atoms with Crippen LogP contribution in [0.5, 0.6) is 0 Å². The van der Waals surface area contributed by atoms with Crippen LogP contribution in [-0.4, -0.2) is 37.3 Å². The second kappa shape index (κ2) is 6.24. The van der Waals surface area contributed by atoms with Crippen LogP contribution < -0.4 is 5.73 Å². The summed E-state index contributed by atoms with van der Waals surface area (Å²) in [5.74, 6) is 0.420. The van der Waals surface area contributed by atoms with Gasteiger partial charge in [-0.2, -0.15) is 13.2 Å². The third kappa shape index (κ3) is 8.31. The van der Waals surface area contributed by atoms with Gasteiger partial charge in [0, 0.05) is 13.1 Å². The number of hydrogen-bond donors (Lipinski definition) is 1. The molecule has 0 amide bonds. The van der Waals surface area contributed by atoms with Crippen LogP contribution in [0.3, 0.4) is 0 Å². The molecule has 0 saturated carbocycles. The fourth-order valence-electron chi connectivity index (χ4n) is 1.15. The lowest BCUT2D eigenvalue weighted by Gasteiger charge is -2.23. The van der Waals surface area contributed by atoms with Gasteiger partial charge in [-0.25, -0.2) is 0 Å². The van der Waals surface area contributed by atoms with Gasteiger partial charge in [-0.15, -0.1) is 0 Å². The fraction of sp³-hybridized carbons (Fsp3) is 1.00. The van der Waals surface area contributed by atoms with Gasteiger partial charge in [0.1, 0.15) is 0 Å². The van der Waals surface area contributed by atoms with Crippen molar-refractivity contribution in [3.05, 3.63) is 0 Å². The van der Waals surface area contributed by atoms with Gasteiger partial charge in [0.2, 0.25) is 0 Å². The highest BCUT2D eigenvalue weighted by atomic mass is 19.4. The van der Waals surface area contributed by atoms with Crippen molar-refractivity contribution in [3.8, 4) is 0 Å². The molecule has 0 aliphatic rings. The maximum Gasteiger partial charge on any atom is 0.401 e. The summed E-state index contributed by atoms with van der Waals surface area (Å²) < 4.78 is 36.2. The van der Waals surface area contributed by atoms with Crippen LogP contribution in [0.1, 0.15) is 20.3 Å². The first kappa shape index (κ1) is 13.7. The highest BCUT2D eigenvalue weighted by Gasteiger charge is 2.30. The molecule has 0 saturated heterocycles. The second-order valence-corrected chi connectivity index (χ2v) is 3.86. The molecule has 0 aromatic carbocycles. The van der Waals surface area contributed by atoms with Crippen LogP contribution in [-0.2, 0) is 0 Å². The van der Waals surface area contributed by atoms with Crippen LogP contribution in [0.2, 0.25) is 0 Å². The Kier molecular flexibility index (Phi) is 6.11. The molecule has 0 aliphatic heterocycles. The van der Waals surface area contributed by atoms with Gasteiger partial charge in [-0.05, 0) is 18.9 Å². The fourth-order valence-corrected chi connectivity index (χ4v) is 1.15. The minimum atomic E-state index is -4.12. The van der Waals surface area contributed by atoms with Crippen LogP contribution in [0.4, 0.5) is 13.2 Å². The quantitative estimate of drug-likeness (QED) is 0.728. The highest BCUT2D eigenvalue weighted by molar-refractivity contribution is 4.64. The van der Waals surface area contributed by atoms with E-state index in [1.807, 2.05) is 13.8 Å². The van der Waals surface area contributed by atoms with E-state index in [0.29, 0.717) is 19.0 Å². The Morgan fingerprint density at radius 1 is 1.21 bits per heavy atom. The van der Waals surface area contributed by atoms with Crippen LogP contribution in [0.15, 0.2) is 0 Å². The van der Waals surface area contributed by atoms with Gasteiger partial charge < -0.3 is 5.73 Å².